The molecule has 0 spiro atoms. The average Bonchev–Trinajstić information content (AvgIpc) is 2.44. The van der Waals surface area contributed by atoms with Crippen LogP contribution >= 0.6 is 0 Å². The zero-order valence-corrected chi connectivity index (χ0v) is 12.0. The van der Waals surface area contributed by atoms with E-state index in [4.69, 9.17) is 9.47 Å². The van der Waals surface area contributed by atoms with Crippen molar-refractivity contribution < 1.29 is 9.47 Å². The molecule has 0 amide bonds. The number of hydrogen-bond acceptors (Lipinski definition) is 4. The van der Waals surface area contributed by atoms with E-state index in [1.54, 1.807) is 0 Å². The van der Waals surface area contributed by atoms with E-state index in [0.29, 0.717) is 12.6 Å². The molecule has 1 aliphatic rings. The molecule has 1 heterocycles. The van der Waals surface area contributed by atoms with Crippen LogP contribution in [0, 0.1) is 6.92 Å². The Kier molecular flexibility index (Phi) is 5.19. The molecule has 2 rings (SSSR count). The van der Waals surface area contributed by atoms with Crippen LogP contribution < -0.4 is 15.4 Å². The molecule has 0 aromatic heterocycles. The standard InChI is InChI=1S/C15H24N2O2/c1-4-19-14-6-5-12(9-11(14)2)15(16-3)13-10-18-8-7-17-13/h5-6,9,13,15-17H,4,7-8,10H2,1-3H3. The molecule has 19 heavy (non-hydrogen) atoms. The zero-order valence-electron chi connectivity index (χ0n) is 12.0. The van der Waals surface area contributed by atoms with Gasteiger partial charge < -0.3 is 20.1 Å². The predicted octanol–water partition coefficient (Wildman–Crippen LogP) is 1.64. The van der Waals surface area contributed by atoms with Crippen molar-refractivity contribution in [3.8, 4) is 5.75 Å². The molecular formula is C15H24N2O2. The van der Waals surface area contributed by atoms with E-state index >= 15 is 0 Å². The van der Waals surface area contributed by atoms with Gasteiger partial charge in [-0.15, -0.1) is 0 Å². The van der Waals surface area contributed by atoms with Crippen molar-refractivity contribution in [2.45, 2.75) is 25.9 Å². The highest BCUT2D eigenvalue weighted by molar-refractivity contribution is 5.38. The summed E-state index contributed by atoms with van der Waals surface area (Å²) >= 11 is 0. The van der Waals surface area contributed by atoms with Gasteiger partial charge in [-0.2, -0.15) is 0 Å². The highest BCUT2D eigenvalue weighted by atomic mass is 16.5. The lowest BCUT2D eigenvalue weighted by Gasteiger charge is -2.31. The summed E-state index contributed by atoms with van der Waals surface area (Å²) in [5.41, 5.74) is 2.45. The van der Waals surface area contributed by atoms with Gasteiger partial charge in [-0.05, 0) is 38.1 Å². The smallest absolute Gasteiger partial charge is 0.122 e. The second kappa shape index (κ2) is 6.89. The first kappa shape index (κ1) is 14.3. The first-order valence-electron chi connectivity index (χ1n) is 6.98. The van der Waals surface area contributed by atoms with E-state index in [9.17, 15) is 0 Å². The Bertz CT molecular complexity index is 403. The first-order valence-corrected chi connectivity index (χ1v) is 6.98. The van der Waals surface area contributed by atoms with Crippen LogP contribution in [-0.2, 0) is 4.74 Å². The van der Waals surface area contributed by atoms with E-state index in [-0.39, 0.29) is 6.04 Å². The lowest BCUT2D eigenvalue weighted by atomic mass is 9.97. The van der Waals surface area contributed by atoms with Crippen molar-refractivity contribution in [3.63, 3.8) is 0 Å². The fourth-order valence-corrected chi connectivity index (χ4v) is 2.58. The van der Waals surface area contributed by atoms with E-state index in [1.165, 1.54) is 11.1 Å². The largest absolute Gasteiger partial charge is 0.494 e. The lowest BCUT2D eigenvalue weighted by molar-refractivity contribution is 0.0645. The minimum Gasteiger partial charge on any atom is -0.494 e. The first-order chi connectivity index (χ1) is 9.26. The molecule has 1 aromatic rings. The summed E-state index contributed by atoms with van der Waals surface area (Å²) in [5, 5.41) is 6.89. The molecule has 0 saturated carbocycles. The van der Waals surface area contributed by atoms with Gasteiger partial charge in [-0.3, -0.25) is 0 Å². The van der Waals surface area contributed by atoms with Gasteiger partial charge in [0.1, 0.15) is 5.75 Å². The molecule has 4 heteroatoms. The van der Waals surface area contributed by atoms with Crippen molar-refractivity contribution in [2.75, 3.05) is 33.4 Å². The molecular weight excluding hydrogens is 240 g/mol. The van der Waals surface area contributed by atoms with Crippen LogP contribution in [0.3, 0.4) is 0 Å². The molecule has 1 fully saturated rings. The number of aryl methyl sites for hydroxylation is 1. The van der Waals surface area contributed by atoms with E-state index in [0.717, 1.165) is 25.5 Å². The van der Waals surface area contributed by atoms with Gasteiger partial charge >= 0.3 is 0 Å². The van der Waals surface area contributed by atoms with Crippen LogP contribution in [0.15, 0.2) is 18.2 Å². The topological polar surface area (TPSA) is 42.5 Å². The Morgan fingerprint density at radius 1 is 1.53 bits per heavy atom. The summed E-state index contributed by atoms with van der Waals surface area (Å²) in [6.07, 6.45) is 0. The van der Waals surface area contributed by atoms with Gasteiger partial charge in [0.2, 0.25) is 0 Å². The number of hydrogen-bond donors (Lipinski definition) is 2. The number of benzene rings is 1. The Labute approximate surface area is 115 Å². The number of ether oxygens (including phenoxy) is 2. The molecule has 0 aliphatic carbocycles. The van der Waals surface area contributed by atoms with Crippen molar-refractivity contribution >= 4 is 0 Å². The molecule has 2 N–H and O–H groups in total. The summed E-state index contributed by atoms with van der Waals surface area (Å²) in [5.74, 6) is 0.967. The van der Waals surface area contributed by atoms with Crippen molar-refractivity contribution in [1.29, 1.82) is 0 Å². The number of nitrogens with one attached hydrogen (secondary N) is 2. The zero-order chi connectivity index (χ0) is 13.7. The number of rotatable bonds is 5. The lowest BCUT2D eigenvalue weighted by Crippen LogP contribution is -2.48. The molecule has 2 atom stereocenters. The minimum absolute atomic E-state index is 0.259. The fourth-order valence-electron chi connectivity index (χ4n) is 2.58. The Morgan fingerprint density at radius 3 is 2.95 bits per heavy atom. The summed E-state index contributed by atoms with van der Waals surface area (Å²) in [4.78, 5) is 0. The molecule has 1 saturated heterocycles. The van der Waals surface area contributed by atoms with Gasteiger partial charge in [-0.1, -0.05) is 12.1 Å². The maximum Gasteiger partial charge on any atom is 0.122 e. The Hall–Kier alpha value is -1.10. The van der Waals surface area contributed by atoms with Crippen molar-refractivity contribution in [2.24, 2.45) is 0 Å². The van der Waals surface area contributed by atoms with Crippen LogP contribution in [-0.4, -0.2) is 39.5 Å². The molecule has 4 nitrogen and oxygen atoms in total. The molecule has 1 aromatic carbocycles. The fraction of sp³-hybridized carbons (Fsp3) is 0.600. The highest BCUT2D eigenvalue weighted by Crippen LogP contribution is 2.25. The molecule has 1 aliphatic heterocycles. The second-order valence-electron chi connectivity index (χ2n) is 4.86. The summed E-state index contributed by atoms with van der Waals surface area (Å²) in [6.45, 7) is 7.26. The molecule has 2 unspecified atom stereocenters. The maximum absolute atomic E-state index is 5.59. The summed E-state index contributed by atoms with van der Waals surface area (Å²) < 4.78 is 11.1. The van der Waals surface area contributed by atoms with Crippen LogP contribution in [0.4, 0.5) is 0 Å². The van der Waals surface area contributed by atoms with E-state index < -0.39 is 0 Å². The summed E-state index contributed by atoms with van der Waals surface area (Å²) in [6, 6.07) is 6.96. The van der Waals surface area contributed by atoms with Gasteiger partial charge in [0.05, 0.1) is 25.9 Å². The number of morpholine rings is 1. The third kappa shape index (κ3) is 3.47. The quantitative estimate of drug-likeness (QED) is 0.848. The molecule has 0 bridgehead atoms. The van der Waals surface area contributed by atoms with Crippen molar-refractivity contribution in [1.82, 2.24) is 10.6 Å². The average molecular weight is 264 g/mol. The normalized spacial score (nSPS) is 21.1. The van der Waals surface area contributed by atoms with Crippen LogP contribution in [0.1, 0.15) is 24.1 Å². The van der Waals surface area contributed by atoms with E-state index in [1.807, 2.05) is 14.0 Å². The Balaban J connectivity index is 2.15. The monoisotopic (exact) mass is 264 g/mol. The summed E-state index contributed by atoms with van der Waals surface area (Å²) in [7, 11) is 1.99. The second-order valence-corrected chi connectivity index (χ2v) is 4.86. The van der Waals surface area contributed by atoms with E-state index in [2.05, 4.69) is 35.8 Å². The van der Waals surface area contributed by atoms with Gasteiger partial charge in [0.15, 0.2) is 0 Å². The SMILES string of the molecule is CCOc1ccc(C(NC)C2COCCN2)cc1C. The van der Waals surface area contributed by atoms with Gasteiger partial charge in [-0.25, -0.2) is 0 Å². The third-order valence-corrected chi connectivity index (χ3v) is 3.52. The van der Waals surface area contributed by atoms with Gasteiger partial charge in [0, 0.05) is 12.6 Å². The van der Waals surface area contributed by atoms with Crippen molar-refractivity contribution in [3.05, 3.63) is 29.3 Å². The van der Waals surface area contributed by atoms with Crippen LogP contribution in [0.2, 0.25) is 0 Å². The van der Waals surface area contributed by atoms with Crippen LogP contribution in [0.5, 0.6) is 5.75 Å². The minimum atomic E-state index is 0.259. The van der Waals surface area contributed by atoms with Gasteiger partial charge in [0.25, 0.3) is 0 Å². The maximum atomic E-state index is 5.59. The predicted molar refractivity (Wildman–Crippen MR) is 76.8 cm³/mol. The number of likely N-dealkylation sites (N-methyl/N-ethyl adjacent to an activating group) is 1. The van der Waals surface area contributed by atoms with Crippen LogP contribution in [0.25, 0.3) is 0 Å². The highest BCUT2D eigenvalue weighted by Gasteiger charge is 2.24. The molecule has 0 radical (unpaired) electrons. The molecule has 106 valence electrons. The Morgan fingerprint density at radius 2 is 2.37 bits per heavy atom. The third-order valence-electron chi connectivity index (χ3n) is 3.52.